The van der Waals surface area contributed by atoms with E-state index in [0.29, 0.717) is 5.56 Å². The number of carbonyl (C=O) groups excluding carboxylic acids is 2. The monoisotopic (exact) mass is 301 g/mol. The standard InChI is InChI=1S/C17H19NO4/c1-5-22-17(20)14(10-18)15(12(3)16(19)21-4)13-8-6-11(2)7-9-13/h6-9,14-15H,3,5H2,1-2,4H3. The maximum atomic E-state index is 12.0. The molecule has 0 aliphatic rings. The van der Waals surface area contributed by atoms with Gasteiger partial charge in [0.2, 0.25) is 0 Å². The van der Waals surface area contributed by atoms with Gasteiger partial charge < -0.3 is 9.47 Å². The molecule has 0 saturated carbocycles. The number of ether oxygens (including phenoxy) is 2. The molecule has 5 heteroatoms. The number of hydrogen-bond donors (Lipinski definition) is 0. The first-order valence-electron chi connectivity index (χ1n) is 6.86. The lowest BCUT2D eigenvalue weighted by molar-refractivity contribution is -0.146. The van der Waals surface area contributed by atoms with Gasteiger partial charge in [-0.1, -0.05) is 36.4 Å². The highest BCUT2D eigenvalue weighted by Crippen LogP contribution is 2.33. The summed E-state index contributed by atoms with van der Waals surface area (Å²) in [6.45, 7) is 7.43. The number of nitriles is 1. The topological polar surface area (TPSA) is 76.4 Å². The Kier molecular flexibility index (Phi) is 6.33. The van der Waals surface area contributed by atoms with Crippen LogP contribution in [-0.4, -0.2) is 25.7 Å². The van der Waals surface area contributed by atoms with Gasteiger partial charge in [-0.15, -0.1) is 0 Å². The Hall–Kier alpha value is -2.61. The van der Waals surface area contributed by atoms with Crippen LogP contribution in [0.2, 0.25) is 0 Å². The molecule has 0 bridgehead atoms. The second-order valence-electron chi connectivity index (χ2n) is 4.76. The summed E-state index contributed by atoms with van der Waals surface area (Å²) in [4.78, 5) is 23.8. The largest absolute Gasteiger partial charge is 0.466 e. The molecule has 2 atom stereocenters. The summed E-state index contributed by atoms with van der Waals surface area (Å²) in [7, 11) is 1.23. The molecule has 0 aliphatic heterocycles. The van der Waals surface area contributed by atoms with Crippen LogP contribution < -0.4 is 0 Å². The zero-order chi connectivity index (χ0) is 16.7. The quantitative estimate of drug-likeness (QED) is 0.596. The number of benzene rings is 1. The Labute approximate surface area is 130 Å². The molecular formula is C17H19NO4. The Morgan fingerprint density at radius 1 is 1.32 bits per heavy atom. The minimum Gasteiger partial charge on any atom is -0.466 e. The van der Waals surface area contributed by atoms with Gasteiger partial charge in [-0.3, -0.25) is 4.79 Å². The van der Waals surface area contributed by atoms with Gasteiger partial charge in [-0.25, -0.2) is 4.79 Å². The van der Waals surface area contributed by atoms with E-state index in [0.717, 1.165) is 5.56 Å². The average Bonchev–Trinajstić information content (AvgIpc) is 2.52. The fraction of sp³-hybridized carbons (Fsp3) is 0.353. The van der Waals surface area contributed by atoms with Crippen LogP contribution in [0, 0.1) is 24.2 Å². The van der Waals surface area contributed by atoms with Crippen LogP contribution in [0.1, 0.15) is 24.0 Å². The maximum absolute atomic E-state index is 12.0. The summed E-state index contributed by atoms with van der Waals surface area (Å²) in [5.74, 6) is -3.30. The molecule has 0 radical (unpaired) electrons. The van der Waals surface area contributed by atoms with E-state index in [1.54, 1.807) is 19.1 Å². The molecule has 1 aromatic rings. The number of nitrogens with zero attached hydrogens (tertiary/aromatic N) is 1. The lowest BCUT2D eigenvalue weighted by Gasteiger charge is -2.22. The molecule has 1 aromatic carbocycles. The second kappa shape index (κ2) is 7.99. The predicted octanol–water partition coefficient (Wildman–Crippen LogP) is 2.51. The number of methoxy groups -OCH3 is 1. The summed E-state index contributed by atoms with van der Waals surface area (Å²) in [5.41, 5.74) is 1.71. The zero-order valence-corrected chi connectivity index (χ0v) is 13.0. The van der Waals surface area contributed by atoms with Crippen molar-refractivity contribution in [2.75, 3.05) is 13.7 Å². The predicted molar refractivity (Wildman–Crippen MR) is 80.8 cm³/mol. The molecule has 5 nitrogen and oxygen atoms in total. The fourth-order valence-corrected chi connectivity index (χ4v) is 2.12. The van der Waals surface area contributed by atoms with Gasteiger partial charge in [0.15, 0.2) is 5.92 Å². The van der Waals surface area contributed by atoms with Crippen molar-refractivity contribution in [3.63, 3.8) is 0 Å². The lowest BCUT2D eigenvalue weighted by Crippen LogP contribution is -2.27. The second-order valence-corrected chi connectivity index (χ2v) is 4.76. The van der Waals surface area contributed by atoms with Gasteiger partial charge in [-0.2, -0.15) is 5.26 Å². The Morgan fingerprint density at radius 3 is 2.36 bits per heavy atom. The number of aryl methyl sites for hydroxylation is 1. The Morgan fingerprint density at radius 2 is 1.91 bits per heavy atom. The van der Waals surface area contributed by atoms with E-state index in [-0.39, 0.29) is 12.2 Å². The molecular weight excluding hydrogens is 282 g/mol. The zero-order valence-electron chi connectivity index (χ0n) is 13.0. The van der Waals surface area contributed by atoms with Crippen molar-refractivity contribution in [1.29, 1.82) is 5.26 Å². The van der Waals surface area contributed by atoms with Crippen molar-refractivity contribution in [1.82, 2.24) is 0 Å². The third-order valence-electron chi connectivity index (χ3n) is 3.27. The molecule has 22 heavy (non-hydrogen) atoms. The maximum Gasteiger partial charge on any atom is 0.333 e. The number of rotatable bonds is 6. The molecule has 0 fully saturated rings. The molecule has 0 N–H and O–H groups in total. The fourth-order valence-electron chi connectivity index (χ4n) is 2.12. The van der Waals surface area contributed by atoms with Crippen molar-refractivity contribution in [2.24, 2.45) is 5.92 Å². The highest BCUT2D eigenvalue weighted by atomic mass is 16.5. The van der Waals surface area contributed by atoms with E-state index in [1.165, 1.54) is 7.11 Å². The van der Waals surface area contributed by atoms with Crippen molar-refractivity contribution >= 4 is 11.9 Å². The molecule has 0 spiro atoms. The van der Waals surface area contributed by atoms with Gasteiger partial charge in [-0.05, 0) is 19.4 Å². The van der Waals surface area contributed by atoms with Crippen LogP contribution in [0.4, 0.5) is 0 Å². The Bertz CT molecular complexity index is 598. The lowest BCUT2D eigenvalue weighted by atomic mass is 9.81. The van der Waals surface area contributed by atoms with E-state index in [1.807, 2.05) is 25.1 Å². The van der Waals surface area contributed by atoms with E-state index < -0.39 is 23.8 Å². The molecule has 1 rings (SSSR count). The van der Waals surface area contributed by atoms with Crippen LogP contribution in [0.15, 0.2) is 36.4 Å². The smallest absolute Gasteiger partial charge is 0.333 e. The molecule has 2 unspecified atom stereocenters. The van der Waals surface area contributed by atoms with Crippen molar-refractivity contribution in [3.05, 3.63) is 47.5 Å². The van der Waals surface area contributed by atoms with Gasteiger partial charge >= 0.3 is 11.9 Å². The molecule has 0 amide bonds. The molecule has 0 aromatic heterocycles. The van der Waals surface area contributed by atoms with Gasteiger partial charge in [0, 0.05) is 11.5 Å². The first kappa shape index (κ1) is 17.4. The first-order valence-corrected chi connectivity index (χ1v) is 6.86. The first-order chi connectivity index (χ1) is 10.5. The third kappa shape index (κ3) is 3.95. The summed E-state index contributed by atoms with van der Waals surface area (Å²) < 4.78 is 9.60. The number of esters is 2. The average molecular weight is 301 g/mol. The minimum atomic E-state index is -1.16. The highest BCUT2D eigenvalue weighted by Gasteiger charge is 2.35. The van der Waals surface area contributed by atoms with Crippen LogP contribution >= 0.6 is 0 Å². The minimum absolute atomic E-state index is 0.0472. The Balaban J connectivity index is 3.29. The van der Waals surface area contributed by atoms with Crippen LogP contribution in [-0.2, 0) is 19.1 Å². The van der Waals surface area contributed by atoms with Crippen molar-refractivity contribution < 1.29 is 19.1 Å². The number of hydrogen-bond acceptors (Lipinski definition) is 5. The van der Waals surface area contributed by atoms with E-state index in [2.05, 4.69) is 11.3 Å². The normalized spacial score (nSPS) is 12.6. The molecule has 0 saturated heterocycles. The van der Waals surface area contributed by atoms with Crippen molar-refractivity contribution in [2.45, 2.75) is 19.8 Å². The van der Waals surface area contributed by atoms with Crippen LogP contribution in [0.5, 0.6) is 0 Å². The molecule has 0 heterocycles. The summed E-state index contributed by atoms with van der Waals surface area (Å²) in [6.07, 6.45) is 0. The van der Waals surface area contributed by atoms with E-state index >= 15 is 0 Å². The summed E-state index contributed by atoms with van der Waals surface area (Å²) in [5, 5.41) is 9.37. The summed E-state index contributed by atoms with van der Waals surface area (Å²) in [6, 6.07) is 9.12. The molecule has 0 aliphatic carbocycles. The SMILES string of the molecule is C=C(C(=O)OC)C(c1ccc(C)cc1)C(C#N)C(=O)OCC. The van der Waals surface area contributed by atoms with Gasteiger partial charge in [0.25, 0.3) is 0 Å². The number of carbonyl (C=O) groups is 2. The van der Waals surface area contributed by atoms with E-state index in [9.17, 15) is 14.9 Å². The molecule has 116 valence electrons. The van der Waals surface area contributed by atoms with Gasteiger partial charge in [0.05, 0.1) is 19.8 Å². The van der Waals surface area contributed by atoms with E-state index in [4.69, 9.17) is 4.74 Å². The van der Waals surface area contributed by atoms with Crippen LogP contribution in [0.3, 0.4) is 0 Å². The highest BCUT2D eigenvalue weighted by molar-refractivity contribution is 5.91. The summed E-state index contributed by atoms with van der Waals surface area (Å²) >= 11 is 0. The van der Waals surface area contributed by atoms with Crippen molar-refractivity contribution in [3.8, 4) is 6.07 Å². The third-order valence-corrected chi connectivity index (χ3v) is 3.27. The van der Waals surface area contributed by atoms with Crippen LogP contribution in [0.25, 0.3) is 0 Å². The van der Waals surface area contributed by atoms with Gasteiger partial charge in [0.1, 0.15) is 0 Å².